The van der Waals surface area contributed by atoms with Crippen molar-refractivity contribution in [2.45, 2.75) is 83.5 Å². The van der Waals surface area contributed by atoms with Gasteiger partial charge >= 0.3 is 12.1 Å². The predicted octanol–water partition coefficient (Wildman–Crippen LogP) is 6.50. The lowest BCUT2D eigenvalue weighted by Crippen LogP contribution is -2.49. The Morgan fingerprint density at radius 1 is 1.02 bits per heavy atom. The summed E-state index contributed by atoms with van der Waals surface area (Å²) < 4.78 is 58.0. The Bertz CT molecular complexity index is 1250. The number of nitrogens with zero attached hydrogens (tertiary/aromatic N) is 1. The normalized spacial score (nSPS) is 26.7. The van der Waals surface area contributed by atoms with Gasteiger partial charge in [0.1, 0.15) is 11.8 Å². The molecular formula is C32H40F3NO6. The van der Waals surface area contributed by atoms with E-state index in [1.54, 1.807) is 7.11 Å². The van der Waals surface area contributed by atoms with Crippen LogP contribution >= 0.6 is 0 Å². The Hall–Kier alpha value is -3.11. The molecule has 0 radical (unpaired) electrons. The van der Waals surface area contributed by atoms with Crippen LogP contribution in [-0.2, 0) is 31.8 Å². The Morgan fingerprint density at radius 2 is 1.71 bits per heavy atom. The highest BCUT2D eigenvalue weighted by molar-refractivity contribution is 5.87. The number of likely N-dealkylation sites (tertiary alicyclic amines) is 1. The molecule has 4 rings (SSSR count). The molecule has 1 heterocycles. The van der Waals surface area contributed by atoms with E-state index in [-0.39, 0.29) is 29.9 Å². The van der Waals surface area contributed by atoms with Crippen LogP contribution in [0.3, 0.4) is 0 Å². The van der Waals surface area contributed by atoms with E-state index in [2.05, 4.69) is 0 Å². The summed E-state index contributed by atoms with van der Waals surface area (Å²) in [5.41, 5.74) is -0.608. The number of aliphatic carboxylic acids is 1. The third kappa shape index (κ3) is 6.59. The quantitative estimate of drug-likeness (QED) is 0.377. The second-order valence-electron chi connectivity index (χ2n) is 12.3. The lowest BCUT2D eigenvalue weighted by atomic mass is 9.73. The number of carboxylic acids is 1. The number of methoxy groups -OCH3 is 2. The lowest BCUT2D eigenvalue weighted by Gasteiger charge is -2.36. The molecule has 4 unspecified atom stereocenters. The number of alkyl halides is 3. The molecule has 7 nitrogen and oxygen atoms in total. The third-order valence-corrected chi connectivity index (χ3v) is 8.60. The van der Waals surface area contributed by atoms with E-state index in [1.165, 1.54) is 18.1 Å². The molecule has 1 saturated heterocycles. The maximum Gasteiger partial charge on any atom is 0.416 e. The molecule has 0 spiro atoms. The Kier molecular flexibility index (Phi) is 9.57. The van der Waals surface area contributed by atoms with E-state index < -0.39 is 53.1 Å². The summed E-state index contributed by atoms with van der Waals surface area (Å²) in [5, 5.41) is 10.6. The summed E-state index contributed by atoms with van der Waals surface area (Å²) in [6.07, 6.45) is -2.75. The molecule has 2 fully saturated rings. The standard InChI is InChI=1S/C32H40F3NO6/c1-31(2,3)25-27(30(38)39)36(29(37)20-12-9-13-23(17-20)40-4)26(19-10-7-6-8-11-19)28(25)42-18-21-16-22(32(33,34)35)14-15-24(21)41-5/h6-8,10-11,14-16,20,23,25-28H,9,12-13,17-18H2,1-5H3,(H,38,39)/t20-,23-,25?,26?,27?,28?/m1/s1. The first-order valence-electron chi connectivity index (χ1n) is 14.3. The first-order valence-corrected chi connectivity index (χ1v) is 14.3. The molecule has 2 aromatic rings. The highest BCUT2D eigenvalue weighted by Crippen LogP contribution is 2.51. The minimum Gasteiger partial charge on any atom is -0.496 e. The van der Waals surface area contributed by atoms with Gasteiger partial charge in [-0.25, -0.2) is 4.79 Å². The van der Waals surface area contributed by atoms with E-state index in [1.807, 2.05) is 51.1 Å². The van der Waals surface area contributed by atoms with Crippen LogP contribution in [0.1, 0.15) is 69.2 Å². The zero-order chi connectivity index (χ0) is 30.8. The number of halogens is 3. The van der Waals surface area contributed by atoms with Gasteiger partial charge in [0.2, 0.25) is 5.91 Å². The highest BCUT2D eigenvalue weighted by atomic mass is 19.4. The van der Waals surface area contributed by atoms with Crippen LogP contribution in [0.4, 0.5) is 13.2 Å². The second-order valence-corrected chi connectivity index (χ2v) is 12.3. The SMILES string of the molecule is COc1ccc(C(F)(F)F)cc1COC1C(c2ccccc2)N(C(=O)[C@@H]2CCC[C@@H](OC)C2)C(C(=O)O)C1C(C)(C)C. The molecule has 1 N–H and O–H groups in total. The van der Waals surface area contributed by atoms with E-state index in [9.17, 15) is 27.9 Å². The number of amides is 1. The van der Waals surface area contributed by atoms with Gasteiger partial charge in [-0.1, -0.05) is 57.5 Å². The zero-order valence-corrected chi connectivity index (χ0v) is 24.7. The van der Waals surface area contributed by atoms with Crippen LogP contribution in [-0.4, -0.2) is 54.4 Å². The summed E-state index contributed by atoms with van der Waals surface area (Å²) in [6.45, 7) is 5.42. The molecule has 10 heteroatoms. The summed E-state index contributed by atoms with van der Waals surface area (Å²) in [4.78, 5) is 28.8. The smallest absolute Gasteiger partial charge is 0.416 e. The van der Waals surface area contributed by atoms with Crippen molar-refractivity contribution in [1.29, 1.82) is 0 Å². The minimum atomic E-state index is -4.56. The summed E-state index contributed by atoms with van der Waals surface area (Å²) in [6, 6.07) is 10.3. The number of ether oxygens (including phenoxy) is 3. The zero-order valence-electron chi connectivity index (χ0n) is 24.7. The van der Waals surface area contributed by atoms with Gasteiger partial charge in [0.05, 0.1) is 37.5 Å². The van der Waals surface area contributed by atoms with Gasteiger partial charge in [0, 0.05) is 24.5 Å². The molecule has 1 amide bonds. The monoisotopic (exact) mass is 591 g/mol. The molecule has 1 saturated carbocycles. The first-order chi connectivity index (χ1) is 19.8. The molecule has 230 valence electrons. The number of hydrogen-bond donors (Lipinski definition) is 1. The van der Waals surface area contributed by atoms with Crippen LogP contribution < -0.4 is 4.74 Å². The Morgan fingerprint density at radius 3 is 2.29 bits per heavy atom. The number of benzene rings is 2. The predicted molar refractivity (Wildman–Crippen MR) is 150 cm³/mol. The Labute approximate surface area is 244 Å². The van der Waals surface area contributed by atoms with E-state index >= 15 is 0 Å². The van der Waals surface area contributed by atoms with Gasteiger partial charge in [-0.2, -0.15) is 13.2 Å². The minimum absolute atomic E-state index is 0.0902. The number of carbonyl (C=O) groups is 2. The number of carbonyl (C=O) groups excluding carboxylic acids is 1. The van der Waals surface area contributed by atoms with Crippen molar-refractivity contribution in [2.75, 3.05) is 14.2 Å². The fourth-order valence-electron chi connectivity index (χ4n) is 6.64. The Balaban J connectivity index is 1.81. The average molecular weight is 592 g/mol. The fourth-order valence-corrected chi connectivity index (χ4v) is 6.64. The summed E-state index contributed by atoms with van der Waals surface area (Å²) in [7, 11) is 2.98. The van der Waals surface area contributed by atoms with Crippen molar-refractivity contribution in [3.05, 3.63) is 65.2 Å². The van der Waals surface area contributed by atoms with Crippen molar-refractivity contribution in [2.24, 2.45) is 17.3 Å². The lowest BCUT2D eigenvalue weighted by molar-refractivity contribution is -0.155. The van der Waals surface area contributed by atoms with Crippen LogP contribution in [0.15, 0.2) is 48.5 Å². The van der Waals surface area contributed by atoms with Crippen molar-refractivity contribution in [3.8, 4) is 5.75 Å². The number of rotatable bonds is 8. The van der Waals surface area contributed by atoms with Crippen molar-refractivity contribution < 1.29 is 42.1 Å². The van der Waals surface area contributed by atoms with Crippen LogP contribution in [0.2, 0.25) is 0 Å². The number of carboxylic acid groups (broad SMARTS) is 1. The van der Waals surface area contributed by atoms with Crippen LogP contribution in [0.5, 0.6) is 5.75 Å². The molecule has 42 heavy (non-hydrogen) atoms. The van der Waals surface area contributed by atoms with Crippen molar-refractivity contribution in [3.63, 3.8) is 0 Å². The maximum atomic E-state index is 14.3. The van der Waals surface area contributed by atoms with Crippen LogP contribution in [0, 0.1) is 17.3 Å². The van der Waals surface area contributed by atoms with Crippen LogP contribution in [0.25, 0.3) is 0 Å². The molecule has 2 aromatic carbocycles. The number of hydrogen-bond acceptors (Lipinski definition) is 5. The fraction of sp³-hybridized carbons (Fsp3) is 0.562. The third-order valence-electron chi connectivity index (χ3n) is 8.60. The second kappa shape index (κ2) is 12.6. The first kappa shape index (κ1) is 31.8. The van der Waals surface area contributed by atoms with Gasteiger partial charge in [-0.05, 0) is 48.4 Å². The van der Waals surface area contributed by atoms with Gasteiger partial charge < -0.3 is 24.2 Å². The van der Waals surface area contributed by atoms with Crippen molar-refractivity contribution >= 4 is 11.9 Å². The maximum absolute atomic E-state index is 14.3. The largest absolute Gasteiger partial charge is 0.496 e. The molecule has 0 aromatic heterocycles. The van der Waals surface area contributed by atoms with Gasteiger partial charge in [-0.15, -0.1) is 0 Å². The molecule has 2 aliphatic rings. The van der Waals surface area contributed by atoms with Gasteiger partial charge in [-0.3, -0.25) is 4.79 Å². The van der Waals surface area contributed by atoms with E-state index in [0.717, 1.165) is 25.0 Å². The molecule has 1 aliphatic carbocycles. The topological polar surface area (TPSA) is 85.3 Å². The summed E-state index contributed by atoms with van der Waals surface area (Å²) in [5.74, 6) is -2.29. The molecule has 0 bridgehead atoms. The van der Waals surface area contributed by atoms with Gasteiger partial charge in [0.15, 0.2) is 0 Å². The molecule has 1 aliphatic heterocycles. The highest BCUT2D eigenvalue weighted by Gasteiger charge is 2.59. The molecular weight excluding hydrogens is 551 g/mol. The molecule has 6 atom stereocenters. The van der Waals surface area contributed by atoms with E-state index in [4.69, 9.17) is 14.2 Å². The average Bonchev–Trinajstić information content (AvgIpc) is 3.31. The van der Waals surface area contributed by atoms with E-state index in [0.29, 0.717) is 18.4 Å². The van der Waals surface area contributed by atoms with Gasteiger partial charge in [0.25, 0.3) is 0 Å². The summed E-state index contributed by atoms with van der Waals surface area (Å²) >= 11 is 0. The van der Waals surface area contributed by atoms with Crippen molar-refractivity contribution in [1.82, 2.24) is 4.90 Å².